The number of nitrogens with zero attached hydrogens (tertiary/aromatic N) is 1. The van der Waals surface area contributed by atoms with Crippen molar-refractivity contribution in [3.8, 4) is 17.2 Å². The van der Waals surface area contributed by atoms with E-state index in [2.05, 4.69) is 17.4 Å². The summed E-state index contributed by atoms with van der Waals surface area (Å²) >= 11 is 6.34. The van der Waals surface area contributed by atoms with Crippen molar-refractivity contribution in [2.24, 2.45) is 0 Å². The fraction of sp³-hybridized carbons (Fsp3) is 0.435. The second-order valence-corrected chi connectivity index (χ2v) is 8.05. The van der Waals surface area contributed by atoms with Crippen LogP contribution in [0.4, 0.5) is 0 Å². The third-order valence-corrected chi connectivity index (χ3v) is 6.12. The van der Waals surface area contributed by atoms with Crippen molar-refractivity contribution in [1.29, 1.82) is 0 Å². The number of halogens is 1. The van der Waals surface area contributed by atoms with Gasteiger partial charge in [-0.05, 0) is 55.1 Å². The maximum atomic E-state index is 12.4. The minimum Gasteiger partial charge on any atom is -0.497 e. The van der Waals surface area contributed by atoms with Gasteiger partial charge in [0, 0.05) is 36.6 Å². The number of carbonyl (C=O) groups excluding carboxylic acids is 1. The zero-order valence-electron chi connectivity index (χ0n) is 17.2. The Labute approximate surface area is 182 Å². The largest absolute Gasteiger partial charge is 0.497 e. The number of rotatable bonds is 9. The molecule has 2 heterocycles. The number of amides is 1. The average molecular weight is 431 g/mol. The van der Waals surface area contributed by atoms with Crippen LogP contribution in [-0.2, 0) is 17.8 Å². The fourth-order valence-electron chi connectivity index (χ4n) is 4.03. The number of fused-ring (bicyclic) bond motifs is 1. The third kappa shape index (κ3) is 4.82. The molecule has 2 aromatic rings. The Morgan fingerprint density at radius 1 is 1.20 bits per heavy atom. The van der Waals surface area contributed by atoms with Gasteiger partial charge in [0.05, 0.1) is 7.11 Å². The lowest BCUT2D eigenvalue weighted by atomic mass is 10.1. The van der Waals surface area contributed by atoms with Crippen LogP contribution in [0, 0.1) is 0 Å². The molecule has 30 heavy (non-hydrogen) atoms. The summed E-state index contributed by atoms with van der Waals surface area (Å²) in [4.78, 5) is 14.4. The first-order valence-corrected chi connectivity index (χ1v) is 10.7. The first kappa shape index (κ1) is 20.8. The van der Waals surface area contributed by atoms with Crippen molar-refractivity contribution >= 4 is 17.5 Å². The highest BCUT2D eigenvalue weighted by molar-refractivity contribution is 6.31. The summed E-state index contributed by atoms with van der Waals surface area (Å²) in [6.07, 6.45) is 3.35. The van der Waals surface area contributed by atoms with Gasteiger partial charge < -0.3 is 24.4 Å². The highest BCUT2D eigenvalue weighted by atomic mass is 35.5. The van der Waals surface area contributed by atoms with E-state index in [-0.39, 0.29) is 18.7 Å². The quantitative estimate of drug-likeness (QED) is 0.613. The predicted molar refractivity (Wildman–Crippen MR) is 115 cm³/mol. The molecule has 0 saturated carbocycles. The minimum atomic E-state index is 0.241. The summed E-state index contributed by atoms with van der Waals surface area (Å²) in [5.41, 5.74) is 2.20. The van der Waals surface area contributed by atoms with Crippen LogP contribution in [-0.4, -0.2) is 43.8 Å². The van der Waals surface area contributed by atoms with Crippen LogP contribution in [0.2, 0.25) is 5.02 Å². The van der Waals surface area contributed by atoms with Crippen LogP contribution >= 0.6 is 11.6 Å². The normalized spacial score (nSPS) is 17.6. The SMILES string of the molecule is COc1ccc(CCN2C(=O)CC[C@@H]2CCNCc2cc3c(cc2Cl)OCO3)cc1. The molecule has 0 aromatic heterocycles. The van der Waals surface area contributed by atoms with Crippen molar-refractivity contribution in [1.82, 2.24) is 10.2 Å². The van der Waals surface area contributed by atoms with Gasteiger partial charge in [0.2, 0.25) is 12.7 Å². The van der Waals surface area contributed by atoms with Gasteiger partial charge in [0.1, 0.15) is 5.75 Å². The van der Waals surface area contributed by atoms with E-state index >= 15 is 0 Å². The number of methoxy groups -OCH3 is 1. The molecule has 0 bridgehead atoms. The Bertz CT molecular complexity index is 888. The molecule has 1 atom stereocenters. The van der Waals surface area contributed by atoms with Crippen LogP contribution in [0.3, 0.4) is 0 Å². The zero-order chi connectivity index (χ0) is 20.9. The molecule has 1 N–H and O–H groups in total. The molecule has 7 heteroatoms. The summed E-state index contributed by atoms with van der Waals surface area (Å²) in [6.45, 7) is 2.47. The Balaban J connectivity index is 1.25. The highest BCUT2D eigenvalue weighted by Crippen LogP contribution is 2.36. The standard InChI is InChI=1S/C23H27ClN2O4/c1-28-19-5-2-16(3-6-19)9-11-26-18(4-7-23(26)27)8-10-25-14-17-12-21-22(13-20(17)24)30-15-29-21/h2-3,5-6,12-13,18,25H,4,7-11,14-15H2,1H3/t18-/m1/s1. The van der Waals surface area contributed by atoms with E-state index in [1.807, 2.05) is 23.1 Å². The molecule has 2 aromatic carbocycles. The van der Waals surface area contributed by atoms with Crippen molar-refractivity contribution in [3.63, 3.8) is 0 Å². The number of ether oxygens (including phenoxy) is 3. The number of benzene rings is 2. The molecule has 1 fully saturated rings. The van der Waals surface area contributed by atoms with Crippen molar-refractivity contribution in [2.75, 3.05) is 27.0 Å². The van der Waals surface area contributed by atoms with E-state index < -0.39 is 0 Å². The number of hydrogen-bond donors (Lipinski definition) is 1. The second kappa shape index (κ2) is 9.58. The molecule has 0 aliphatic carbocycles. The number of likely N-dealkylation sites (tertiary alicyclic amines) is 1. The molecule has 6 nitrogen and oxygen atoms in total. The van der Waals surface area contributed by atoms with Crippen LogP contribution < -0.4 is 19.5 Å². The smallest absolute Gasteiger partial charge is 0.231 e. The van der Waals surface area contributed by atoms with Gasteiger partial charge in [0.15, 0.2) is 11.5 Å². The summed E-state index contributed by atoms with van der Waals surface area (Å²) < 4.78 is 16.0. The van der Waals surface area contributed by atoms with E-state index in [0.29, 0.717) is 23.7 Å². The summed E-state index contributed by atoms with van der Waals surface area (Å²) in [5.74, 6) is 2.54. The molecule has 0 radical (unpaired) electrons. The fourth-order valence-corrected chi connectivity index (χ4v) is 4.25. The van der Waals surface area contributed by atoms with Gasteiger partial charge in [-0.2, -0.15) is 0 Å². The van der Waals surface area contributed by atoms with E-state index in [1.54, 1.807) is 13.2 Å². The van der Waals surface area contributed by atoms with Crippen molar-refractivity contribution < 1.29 is 19.0 Å². The maximum Gasteiger partial charge on any atom is 0.231 e. The summed E-state index contributed by atoms with van der Waals surface area (Å²) in [7, 11) is 1.66. The van der Waals surface area contributed by atoms with Crippen LogP contribution in [0.1, 0.15) is 30.4 Å². The van der Waals surface area contributed by atoms with Crippen LogP contribution in [0.15, 0.2) is 36.4 Å². The van der Waals surface area contributed by atoms with Crippen LogP contribution in [0.25, 0.3) is 0 Å². The van der Waals surface area contributed by atoms with Gasteiger partial charge in [0.25, 0.3) is 0 Å². The van der Waals surface area contributed by atoms with E-state index in [4.69, 9.17) is 25.8 Å². The number of hydrogen-bond acceptors (Lipinski definition) is 5. The Hall–Kier alpha value is -2.44. The molecule has 0 spiro atoms. The van der Waals surface area contributed by atoms with E-state index in [1.165, 1.54) is 5.56 Å². The van der Waals surface area contributed by atoms with Gasteiger partial charge >= 0.3 is 0 Å². The van der Waals surface area contributed by atoms with Gasteiger partial charge in [-0.1, -0.05) is 23.7 Å². The van der Waals surface area contributed by atoms with Gasteiger partial charge in [-0.3, -0.25) is 4.79 Å². The average Bonchev–Trinajstić information content (AvgIpc) is 3.35. The van der Waals surface area contributed by atoms with Gasteiger partial charge in [-0.25, -0.2) is 0 Å². The Kier molecular flexibility index (Phi) is 6.65. The monoisotopic (exact) mass is 430 g/mol. The molecule has 1 saturated heterocycles. The summed E-state index contributed by atoms with van der Waals surface area (Å²) in [6, 6.07) is 12.1. The number of nitrogens with one attached hydrogen (secondary N) is 1. The molecule has 2 aliphatic heterocycles. The molecule has 160 valence electrons. The predicted octanol–water partition coefficient (Wildman–Crippen LogP) is 3.79. The molecular weight excluding hydrogens is 404 g/mol. The first-order chi connectivity index (χ1) is 14.6. The summed E-state index contributed by atoms with van der Waals surface area (Å²) in [5, 5.41) is 4.12. The first-order valence-electron chi connectivity index (χ1n) is 10.3. The molecule has 0 unspecified atom stereocenters. The maximum absolute atomic E-state index is 12.4. The van der Waals surface area contributed by atoms with Gasteiger partial charge in [-0.15, -0.1) is 0 Å². The van der Waals surface area contributed by atoms with Crippen molar-refractivity contribution in [2.45, 2.75) is 38.3 Å². The highest BCUT2D eigenvalue weighted by Gasteiger charge is 2.30. The topological polar surface area (TPSA) is 60.0 Å². The van der Waals surface area contributed by atoms with E-state index in [9.17, 15) is 4.79 Å². The lowest BCUT2D eigenvalue weighted by Gasteiger charge is -2.25. The van der Waals surface area contributed by atoms with E-state index in [0.717, 1.165) is 49.4 Å². The van der Waals surface area contributed by atoms with Crippen LogP contribution in [0.5, 0.6) is 17.2 Å². The lowest BCUT2D eigenvalue weighted by molar-refractivity contribution is -0.129. The molecule has 4 rings (SSSR count). The number of carbonyl (C=O) groups is 1. The molecule has 2 aliphatic rings. The Morgan fingerprint density at radius 3 is 2.73 bits per heavy atom. The third-order valence-electron chi connectivity index (χ3n) is 5.76. The molecule has 1 amide bonds. The second-order valence-electron chi connectivity index (χ2n) is 7.64. The minimum absolute atomic E-state index is 0.241. The lowest BCUT2D eigenvalue weighted by Crippen LogP contribution is -2.36. The molecular formula is C23H27ClN2O4. The Morgan fingerprint density at radius 2 is 1.97 bits per heavy atom. The zero-order valence-corrected chi connectivity index (χ0v) is 17.9. The van der Waals surface area contributed by atoms with Crippen molar-refractivity contribution in [3.05, 3.63) is 52.5 Å².